The lowest BCUT2D eigenvalue weighted by Gasteiger charge is -2.18. The second kappa shape index (κ2) is 5.87. The number of halogens is 1. The van der Waals surface area contributed by atoms with Crippen LogP contribution in [-0.4, -0.2) is 33.5 Å². The van der Waals surface area contributed by atoms with E-state index in [1.807, 2.05) is 23.1 Å². The lowest BCUT2D eigenvalue weighted by molar-refractivity contribution is -0.142. The van der Waals surface area contributed by atoms with Crippen LogP contribution in [0.25, 0.3) is 11.3 Å². The van der Waals surface area contributed by atoms with Gasteiger partial charge in [-0.3, -0.25) is 9.69 Å². The highest BCUT2D eigenvalue weighted by molar-refractivity contribution is 6.30. The molecule has 0 amide bonds. The quantitative estimate of drug-likeness (QED) is 0.940. The molecule has 0 unspecified atom stereocenters. The average Bonchev–Trinajstić information content (AvgIpc) is 3.08. The van der Waals surface area contributed by atoms with Gasteiger partial charge in [-0.05, 0) is 31.5 Å². The van der Waals surface area contributed by atoms with E-state index in [2.05, 4.69) is 4.98 Å². The Balaban J connectivity index is 1.75. The summed E-state index contributed by atoms with van der Waals surface area (Å²) in [6, 6.07) is 6.91. The number of oxazole rings is 1. The summed E-state index contributed by atoms with van der Waals surface area (Å²) in [5.41, 5.74) is 0.859. The molecule has 0 radical (unpaired) electrons. The van der Waals surface area contributed by atoms with E-state index in [4.69, 9.17) is 21.1 Å². The average molecular weight is 307 g/mol. The van der Waals surface area contributed by atoms with Gasteiger partial charge in [0.05, 0.1) is 12.7 Å². The molecule has 0 saturated carbocycles. The molecular weight excluding hydrogens is 292 g/mol. The van der Waals surface area contributed by atoms with Crippen LogP contribution in [0.3, 0.4) is 0 Å². The van der Waals surface area contributed by atoms with Gasteiger partial charge in [-0.25, -0.2) is 4.98 Å². The number of carboxylic acid groups (broad SMARTS) is 1. The summed E-state index contributed by atoms with van der Waals surface area (Å²) in [5.74, 6) is 0.380. The number of aliphatic carboxylic acids is 1. The van der Waals surface area contributed by atoms with Crippen molar-refractivity contribution in [3.63, 3.8) is 0 Å². The van der Waals surface area contributed by atoms with Gasteiger partial charge >= 0.3 is 5.97 Å². The van der Waals surface area contributed by atoms with Crippen LogP contribution >= 0.6 is 11.6 Å². The molecule has 0 spiro atoms. The Hall–Kier alpha value is -1.85. The van der Waals surface area contributed by atoms with E-state index in [9.17, 15) is 4.79 Å². The summed E-state index contributed by atoms with van der Waals surface area (Å²) in [6.45, 7) is 1.17. The van der Waals surface area contributed by atoms with E-state index in [1.165, 1.54) is 0 Å². The molecule has 1 aromatic heterocycles. The highest BCUT2D eigenvalue weighted by Crippen LogP contribution is 2.25. The lowest BCUT2D eigenvalue weighted by Crippen LogP contribution is -2.35. The standard InChI is InChI=1S/C15H15ClN2O3/c16-11-4-1-3-10(7-11)13-8-17-14(21-13)9-18-6-2-5-12(18)15(19)20/h1,3-4,7-8,12H,2,5-6,9H2,(H,19,20)/t12-/m1/s1. The Morgan fingerprint density at radius 1 is 1.52 bits per heavy atom. The first kappa shape index (κ1) is 14.1. The molecule has 1 aliphatic heterocycles. The molecule has 2 heterocycles. The minimum absolute atomic E-state index is 0.414. The van der Waals surface area contributed by atoms with Crippen LogP contribution in [0.5, 0.6) is 0 Å². The van der Waals surface area contributed by atoms with Crippen molar-refractivity contribution in [1.82, 2.24) is 9.88 Å². The van der Waals surface area contributed by atoms with E-state index in [1.54, 1.807) is 12.3 Å². The molecule has 2 aromatic rings. The van der Waals surface area contributed by atoms with Crippen LogP contribution in [-0.2, 0) is 11.3 Å². The van der Waals surface area contributed by atoms with Crippen molar-refractivity contribution in [2.24, 2.45) is 0 Å². The molecule has 21 heavy (non-hydrogen) atoms. The van der Waals surface area contributed by atoms with Gasteiger partial charge in [0.2, 0.25) is 5.89 Å². The van der Waals surface area contributed by atoms with Gasteiger partial charge in [-0.2, -0.15) is 0 Å². The van der Waals surface area contributed by atoms with Crippen LogP contribution < -0.4 is 0 Å². The minimum Gasteiger partial charge on any atom is -0.480 e. The van der Waals surface area contributed by atoms with Crippen LogP contribution in [0.4, 0.5) is 0 Å². The van der Waals surface area contributed by atoms with Gasteiger partial charge in [0.1, 0.15) is 6.04 Å². The van der Waals surface area contributed by atoms with Crippen LogP contribution in [0.2, 0.25) is 5.02 Å². The fraction of sp³-hybridized carbons (Fsp3) is 0.333. The number of likely N-dealkylation sites (tertiary alicyclic amines) is 1. The molecule has 3 rings (SSSR count). The molecule has 6 heteroatoms. The first-order valence-electron chi connectivity index (χ1n) is 6.81. The number of carboxylic acids is 1. The van der Waals surface area contributed by atoms with Gasteiger partial charge in [0, 0.05) is 10.6 Å². The summed E-state index contributed by atoms with van der Waals surface area (Å²) < 4.78 is 5.71. The molecule has 1 saturated heterocycles. The second-order valence-electron chi connectivity index (χ2n) is 5.10. The maximum Gasteiger partial charge on any atom is 0.320 e. The Kier molecular flexibility index (Phi) is 3.94. The van der Waals surface area contributed by atoms with E-state index >= 15 is 0 Å². The maximum atomic E-state index is 11.2. The molecule has 1 N–H and O–H groups in total. The Morgan fingerprint density at radius 3 is 3.14 bits per heavy atom. The summed E-state index contributed by atoms with van der Waals surface area (Å²) in [4.78, 5) is 17.3. The highest BCUT2D eigenvalue weighted by Gasteiger charge is 2.31. The molecule has 1 atom stereocenters. The number of hydrogen-bond donors (Lipinski definition) is 1. The normalized spacial score (nSPS) is 19.0. The summed E-state index contributed by atoms with van der Waals surface area (Å²) in [6.07, 6.45) is 3.21. The van der Waals surface area contributed by atoms with Crippen LogP contribution in [0, 0.1) is 0 Å². The van der Waals surface area contributed by atoms with Crippen molar-refractivity contribution in [3.05, 3.63) is 41.4 Å². The van der Waals surface area contributed by atoms with Gasteiger partial charge < -0.3 is 9.52 Å². The first-order chi connectivity index (χ1) is 10.1. The smallest absolute Gasteiger partial charge is 0.320 e. The fourth-order valence-corrected chi connectivity index (χ4v) is 2.82. The highest BCUT2D eigenvalue weighted by atomic mass is 35.5. The SMILES string of the molecule is O=C(O)[C@H]1CCCN1Cc1ncc(-c2cccc(Cl)c2)o1. The Morgan fingerprint density at radius 2 is 2.38 bits per heavy atom. The zero-order valence-corrected chi connectivity index (χ0v) is 12.1. The van der Waals surface area contributed by atoms with Gasteiger partial charge in [0.25, 0.3) is 0 Å². The molecule has 0 bridgehead atoms. The van der Waals surface area contributed by atoms with Crippen molar-refractivity contribution in [2.75, 3.05) is 6.54 Å². The molecule has 1 aliphatic rings. The van der Waals surface area contributed by atoms with E-state index in [-0.39, 0.29) is 0 Å². The van der Waals surface area contributed by atoms with Crippen molar-refractivity contribution < 1.29 is 14.3 Å². The van der Waals surface area contributed by atoms with E-state index in [0.717, 1.165) is 18.5 Å². The molecule has 110 valence electrons. The number of hydrogen-bond acceptors (Lipinski definition) is 4. The maximum absolute atomic E-state index is 11.2. The number of carbonyl (C=O) groups is 1. The number of nitrogens with zero attached hydrogens (tertiary/aromatic N) is 2. The first-order valence-corrected chi connectivity index (χ1v) is 7.19. The van der Waals surface area contributed by atoms with Gasteiger partial charge in [-0.1, -0.05) is 23.7 Å². The third-order valence-corrected chi connectivity index (χ3v) is 3.88. The van der Waals surface area contributed by atoms with Crippen molar-refractivity contribution in [1.29, 1.82) is 0 Å². The lowest BCUT2D eigenvalue weighted by atomic mass is 10.2. The molecular formula is C15H15ClN2O3. The summed E-state index contributed by atoms with van der Waals surface area (Å²) >= 11 is 5.96. The minimum atomic E-state index is -0.783. The predicted molar refractivity (Wildman–Crippen MR) is 78.0 cm³/mol. The zero-order chi connectivity index (χ0) is 14.8. The second-order valence-corrected chi connectivity index (χ2v) is 5.53. The van der Waals surface area contributed by atoms with Gasteiger partial charge in [-0.15, -0.1) is 0 Å². The number of aromatic nitrogens is 1. The summed E-state index contributed by atoms with van der Waals surface area (Å²) in [7, 11) is 0. The van der Waals surface area contributed by atoms with Crippen molar-refractivity contribution >= 4 is 17.6 Å². The largest absolute Gasteiger partial charge is 0.480 e. The zero-order valence-electron chi connectivity index (χ0n) is 11.3. The van der Waals surface area contributed by atoms with Crippen LogP contribution in [0.1, 0.15) is 18.7 Å². The van der Waals surface area contributed by atoms with E-state index in [0.29, 0.717) is 29.6 Å². The van der Waals surface area contributed by atoms with Crippen molar-refractivity contribution in [3.8, 4) is 11.3 Å². The van der Waals surface area contributed by atoms with Crippen LogP contribution in [0.15, 0.2) is 34.9 Å². The molecule has 0 aliphatic carbocycles. The third kappa shape index (κ3) is 3.09. The van der Waals surface area contributed by atoms with Gasteiger partial charge in [0.15, 0.2) is 5.76 Å². The molecule has 5 nitrogen and oxygen atoms in total. The Labute approximate surface area is 127 Å². The summed E-state index contributed by atoms with van der Waals surface area (Å²) in [5, 5.41) is 9.80. The molecule has 1 aromatic carbocycles. The third-order valence-electron chi connectivity index (χ3n) is 3.65. The number of benzene rings is 1. The fourth-order valence-electron chi connectivity index (χ4n) is 2.63. The van der Waals surface area contributed by atoms with Crippen molar-refractivity contribution in [2.45, 2.75) is 25.4 Å². The predicted octanol–water partition coefficient (Wildman–Crippen LogP) is 3.04. The monoisotopic (exact) mass is 306 g/mol. The number of rotatable bonds is 4. The van der Waals surface area contributed by atoms with E-state index < -0.39 is 12.0 Å². The topological polar surface area (TPSA) is 66.6 Å². The molecule has 1 fully saturated rings. The Bertz CT molecular complexity index is 656.